The van der Waals surface area contributed by atoms with Crippen LogP contribution in [0.25, 0.3) is 22.3 Å². The lowest BCUT2D eigenvalue weighted by molar-refractivity contribution is -0.197. The van der Waals surface area contributed by atoms with Gasteiger partial charge in [-0.05, 0) is 59.7 Å². The lowest BCUT2D eigenvalue weighted by Gasteiger charge is -2.26. The molecule has 6 rings (SSSR count). The topological polar surface area (TPSA) is 64.6 Å². The van der Waals surface area contributed by atoms with Gasteiger partial charge in [-0.1, -0.05) is 36.1 Å². The van der Waals surface area contributed by atoms with Gasteiger partial charge in [-0.15, -0.1) is 12.8 Å². The molecular formula is C32H22O7. The molecule has 4 aromatic carbocycles. The van der Waals surface area contributed by atoms with Crippen LogP contribution in [0.4, 0.5) is 0 Å². The predicted octanol–water partition coefficient (Wildman–Crippen LogP) is 6.22. The van der Waals surface area contributed by atoms with Gasteiger partial charge in [0.1, 0.15) is 47.7 Å². The molecule has 0 radical (unpaired) electrons. The molecule has 2 aliphatic rings. The number of terminal acetylenes is 2. The maximum absolute atomic E-state index is 6.08. The van der Waals surface area contributed by atoms with Gasteiger partial charge in [0.2, 0.25) is 0 Å². The van der Waals surface area contributed by atoms with Crippen LogP contribution in [-0.2, 0) is 9.47 Å². The first-order valence-corrected chi connectivity index (χ1v) is 12.1. The zero-order valence-electron chi connectivity index (χ0n) is 20.7. The van der Waals surface area contributed by atoms with E-state index < -0.39 is 13.0 Å². The van der Waals surface area contributed by atoms with Crippen LogP contribution >= 0.6 is 0 Å². The van der Waals surface area contributed by atoms with Crippen molar-refractivity contribution in [2.45, 2.75) is 13.0 Å². The summed E-state index contributed by atoms with van der Waals surface area (Å²) in [6.45, 7) is -1.56. The molecule has 2 atom stereocenters. The van der Waals surface area contributed by atoms with Gasteiger partial charge in [0, 0.05) is 23.3 Å². The number of hydrogen-bond acceptors (Lipinski definition) is 7. The first-order valence-electron chi connectivity index (χ1n) is 12.1. The molecule has 4 bridgehead atoms. The van der Waals surface area contributed by atoms with Gasteiger partial charge in [0.25, 0.3) is 0 Å². The standard InChI is InChI=1S/C32H22O7/c1-3-17-33-31-36-25-13-15-27(29(19-25)38-31)21-5-9-23(10-6-21)35-24-11-7-22(8-12-24)28-16-14-26-20-30(28)39-32(37-26)34-18-4-2/h1-2,5-16,19-20,31-32H,17-18H2. The van der Waals surface area contributed by atoms with Gasteiger partial charge in [-0.2, -0.15) is 0 Å². The van der Waals surface area contributed by atoms with Gasteiger partial charge < -0.3 is 23.7 Å². The average molecular weight is 519 g/mol. The summed E-state index contributed by atoms with van der Waals surface area (Å²) < 4.78 is 39.6. The smallest absolute Gasteiger partial charge is 0.361 e. The van der Waals surface area contributed by atoms with Crippen LogP contribution in [0.1, 0.15) is 0 Å². The highest BCUT2D eigenvalue weighted by molar-refractivity contribution is 5.73. The number of rotatable bonds is 8. The van der Waals surface area contributed by atoms with Gasteiger partial charge in [0.05, 0.1) is 0 Å². The number of benzene rings is 4. The van der Waals surface area contributed by atoms with Crippen molar-refractivity contribution in [2.75, 3.05) is 13.2 Å². The van der Waals surface area contributed by atoms with Crippen molar-refractivity contribution in [1.29, 1.82) is 0 Å². The van der Waals surface area contributed by atoms with Gasteiger partial charge in [-0.3, -0.25) is 9.47 Å². The minimum Gasteiger partial charge on any atom is -0.457 e. The maximum Gasteiger partial charge on any atom is 0.361 e. The van der Waals surface area contributed by atoms with Crippen LogP contribution in [0.15, 0.2) is 84.9 Å². The van der Waals surface area contributed by atoms with Gasteiger partial charge in [-0.25, -0.2) is 0 Å². The Kier molecular flexibility index (Phi) is 6.67. The number of ether oxygens (including phenoxy) is 7. The van der Waals surface area contributed by atoms with Crippen LogP contribution in [0.3, 0.4) is 0 Å². The van der Waals surface area contributed by atoms with Crippen molar-refractivity contribution >= 4 is 0 Å². The Morgan fingerprint density at radius 1 is 0.564 bits per heavy atom. The van der Waals surface area contributed by atoms with Crippen molar-refractivity contribution < 1.29 is 33.2 Å². The Labute approximate surface area is 225 Å². The first kappa shape index (κ1) is 24.3. The lowest BCUT2D eigenvalue weighted by atomic mass is 10.0. The van der Waals surface area contributed by atoms with Gasteiger partial charge in [0.15, 0.2) is 0 Å². The third-order valence-corrected chi connectivity index (χ3v) is 5.99. The monoisotopic (exact) mass is 518 g/mol. The molecule has 0 amide bonds. The van der Waals surface area contributed by atoms with E-state index in [1.807, 2.05) is 84.9 Å². The molecule has 39 heavy (non-hydrogen) atoms. The summed E-state index contributed by atoms with van der Waals surface area (Å²) >= 11 is 0. The Balaban J connectivity index is 1.13. The summed E-state index contributed by atoms with van der Waals surface area (Å²) in [5.41, 5.74) is 3.73. The van der Waals surface area contributed by atoms with Crippen LogP contribution in [0.2, 0.25) is 0 Å². The molecule has 2 unspecified atom stereocenters. The van der Waals surface area contributed by atoms with E-state index in [1.54, 1.807) is 0 Å². The van der Waals surface area contributed by atoms with E-state index in [0.29, 0.717) is 34.5 Å². The van der Waals surface area contributed by atoms with E-state index in [2.05, 4.69) is 11.8 Å². The third kappa shape index (κ3) is 5.32. The molecule has 7 heteroatoms. The van der Waals surface area contributed by atoms with E-state index in [9.17, 15) is 0 Å². The lowest BCUT2D eigenvalue weighted by Crippen LogP contribution is -2.30. The van der Waals surface area contributed by atoms with Crippen molar-refractivity contribution in [2.24, 2.45) is 0 Å². The zero-order chi connectivity index (χ0) is 26.6. The normalized spacial score (nSPS) is 16.4. The fourth-order valence-electron chi connectivity index (χ4n) is 4.21. The van der Waals surface area contributed by atoms with E-state index in [1.165, 1.54) is 0 Å². The molecule has 7 nitrogen and oxygen atoms in total. The molecule has 0 N–H and O–H groups in total. The van der Waals surface area contributed by atoms with E-state index >= 15 is 0 Å². The van der Waals surface area contributed by atoms with Gasteiger partial charge >= 0.3 is 13.0 Å². The summed E-state index contributed by atoms with van der Waals surface area (Å²) in [7, 11) is 0. The molecule has 0 saturated carbocycles. The maximum atomic E-state index is 6.08. The van der Waals surface area contributed by atoms with E-state index in [-0.39, 0.29) is 13.2 Å². The molecule has 2 aliphatic heterocycles. The minimum atomic E-state index is -0.874. The summed E-state index contributed by atoms with van der Waals surface area (Å²) in [6.07, 6.45) is 10.5. The number of hydrogen-bond donors (Lipinski definition) is 0. The molecule has 192 valence electrons. The fourth-order valence-corrected chi connectivity index (χ4v) is 4.21. The molecule has 2 heterocycles. The molecule has 0 saturated heterocycles. The van der Waals surface area contributed by atoms with Crippen molar-refractivity contribution in [3.8, 4) is 81.4 Å². The summed E-state index contributed by atoms with van der Waals surface area (Å²) in [6, 6.07) is 26.7. The molecule has 4 aromatic rings. The SMILES string of the molecule is C#CCOC1Oc2ccc(-c3ccc(Oc4ccc(-c5ccc6cc5OC(OCC#C)O6)cc4)cc3)c(c2)O1. The molecule has 0 fully saturated rings. The Hall–Kier alpha value is -5.08. The second-order valence-electron chi connectivity index (χ2n) is 8.55. The van der Waals surface area contributed by atoms with Crippen LogP contribution in [-0.4, -0.2) is 26.2 Å². The molecule has 0 aromatic heterocycles. The predicted molar refractivity (Wildman–Crippen MR) is 143 cm³/mol. The molecular weight excluding hydrogens is 496 g/mol. The van der Waals surface area contributed by atoms with Crippen molar-refractivity contribution in [1.82, 2.24) is 0 Å². The molecule has 0 spiro atoms. The van der Waals surface area contributed by atoms with Crippen LogP contribution < -0.4 is 23.7 Å². The number of fused-ring (bicyclic) bond motifs is 4. The van der Waals surface area contributed by atoms with Crippen LogP contribution in [0.5, 0.6) is 34.5 Å². The second kappa shape index (κ2) is 10.7. The quantitative estimate of drug-likeness (QED) is 0.257. The Morgan fingerprint density at radius 2 is 1.00 bits per heavy atom. The van der Waals surface area contributed by atoms with Crippen molar-refractivity contribution in [3.05, 3.63) is 84.9 Å². The highest BCUT2D eigenvalue weighted by Gasteiger charge is 2.23. The largest absolute Gasteiger partial charge is 0.457 e. The second-order valence-corrected chi connectivity index (χ2v) is 8.55. The summed E-state index contributed by atoms with van der Waals surface area (Å²) in [5.74, 6) is 8.83. The van der Waals surface area contributed by atoms with E-state index in [4.69, 9.17) is 46.0 Å². The summed E-state index contributed by atoms with van der Waals surface area (Å²) in [5, 5.41) is 0. The van der Waals surface area contributed by atoms with E-state index in [0.717, 1.165) is 22.3 Å². The first-order chi connectivity index (χ1) is 19.2. The highest BCUT2D eigenvalue weighted by atomic mass is 16.9. The third-order valence-electron chi connectivity index (χ3n) is 5.99. The summed E-state index contributed by atoms with van der Waals surface area (Å²) in [4.78, 5) is 0. The zero-order valence-corrected chi connectivity index (χ0v) is 20.7. The highest BCUT2D eigenvalue weighted by Crippen LogP contribution is 2.40. The van der Waals surface area contributed by atoms with Crippen molar-refractivity contribution in [3.63, 3.8) is 0 Å². The molecule has 0 aliphatic carbocycles. The van der Waals surface area contributed by atoms with Crippen LogP contribution in [0, 0.1) is 24.7 Å². The average Bonchev–Trinajstić information content (AvgIpc) is 2.96. The Morgan fingerprint density at radius 3 is 1.41 bits per heavy atom. The minimum absolute atomic E-state index is 0.0933. The Bertz CT molecular complexity index is 1440. The fraction of sp³-hybridized carbons (Fsp3) is 0.125.